The van der Waals surface area contributed by atoms with Crippen LogP contribution in [0.5, 0.6) is 5.75 Å². The van der Waals surface area contributed by atoms with E-state index in [1.807, 2.05) is 0 Å². The first-order valence-corrected chi connectivity index (χ1v) is 4.86. The van der Waals surface area contributed by atoms with Gasteiger partial charge in [-0.1, -0.05) is 0 Å². The molecule has 1 aromatic rings. The number of ether oxygens (including phenoxy) is 1. The molecule has 0 spiro atoms. The standard InChI is InChI=1S/C10H7BrO3/c1-14-9-3-5-2-8(12)10(13)6(5)4-7(9)11/h3-4H,2H2,1H3. The average Bonchev–Trinajstić information content (AvgIpc) is 2.43. The van der Waals surface area contributed by atoms with E-state index in [9.17, 15) is 9.59 Å². The number of methoxy groups -OCH3 is 1. The summed E-state index contributed by atoms with van der Waals surface area (Å²) >= 11 is 3.27. The summed E-state index contributed by atoms with van der Waals surface area (Å²) in [6.07, 6.45) is 0.192. The van der Waals surface area contributed by atoms with Crippen LogP contribution in [0.2, 0.25) is 0 Å². The first-order valence-electron chi connectivity index (χ1n) is 4.07. The topological polar surface area (TPSA) is 43.4 Å². The minimum Gasteiger partial charge on any atom is -0.496 e. The second kappa shape index (κ2) is 3.20. The maximum absolute atomic E-state index is 11.3. The summed E-state index contributed by atoms with van der Waals surface area (Å²) in [5, 5.41) is 0. The van der Waals surface area contributed by atoms with Crippen molar-refractivity contribution in [2.45, 2.75) is 6.42 Å². The van der Waals surface area contributed by atoms with Crippen molar-refractivity contribution < 1.29 is 14.3 Å². The smallest absolute Gasteiger partial charge is 0.229 e. The monoisotopic (exact) mass is 254 g/mol. The number of Topliss-reactive ketones (excluding diaryl/α,β-unsaturated/α-hetero) is 2. The highest BCUT2D eigenvalue weighted by atomic mass is 79.9. The van der Waals surface area contributed by atoms with Gasteiger partial charge in [-0.05, 0) is 33.6 Å². The van der Waals surface area contributed by atoms with Gasteiger partial charge in [-0.15, -0.1) is 0 Å². The Morgan fingerprint density at radius 2 is 2.07 bits per heavy atom. The molecule has 0 radical (unpaired) electrons. The Labute approximate surface area is 89.2 Å². The summed E-state index contributed by atoms with van der Waals surface area (Å²) in [5.74, 6) is -0.102. The molecule has 0 bridgehead atoms. The van der Waals surface area contributed by atoms with Crippen molar-refractivity contribution in [2.75, 3.05) is 7.11 Å². The SMILES string of the molecule is COc1cc2c(cc1Br)C(=O)C(=O)C2. The fraction of sp³-hybridized carbons (Fsp3) is 0.200. The average molecular weight is 255 g/mol. The van der Waals surface area contributed by atoms with E-state index in [1.54, 1.807) is 19.2 Å². The molecule has 3 nitrogen and oxygen atoms in total. The zero-order valence-corrected chi connectivity index (χ0v) is 9.05. The predicted molar refractivity (Wildman–Crippen MR) is 53.7 cm³/mol. The molecule has 1 aliphatic carbocycles. The van der Waals surface area contributed by atoms with Gasteiger partial charge < -0.3 is 4.74 Å². The molecule has 0 amide bonds. The minimum atomic E-state index is -0.400. The van der Waals surface area contributed by atoms with Crippen molar-refractivity contribution in [1.82, 2.24) is 0 Å². The van der Waals surface area contributed by atoms with Gasteiger partial charge in [0.2, 0.25) is 11.6 Å². The second-order valence-electron chi connectivity index (χ2n) is 3.07. The van der Waals surface area contributed by atoms with Gasteiger partial charge in [-0.3, -0.25) is 9.59 Å². The van der Waals surface area contributed by atoms with Crippen molar-refractivity contribution in [1.29, 1.82) is 0 Å². The van der Waals surface area contributed by atoms with Crippen LogP contribution in [0.3, 0.4) is 0 Å². The van der Waals surface area contributed by atoms with Gasteiger partial charge in [-0.25, -0.2) is 0 Å². The highest BCUT2D eigenvalue weighted by Gasteiger charge is 2.29. The Morgan fingerprint density at radius 3 is 2.71 bits per heavy atom. The molecule has 14 heavy (non-hydrogen) atoms. The molecule has 0 aliphatic heterocycles. The van der Waals surface area contributed by atoms with Gasteiger partial charge in [0.25, 0.3) is 0 Å². The molecule has 0 saturated heterocycles. The molecule has 0 aromatic heterocycles. The van der Waals surface area contributed by atoms with Crippen LogP contribution in [0.1, 0.15) is 15.9 Å². The lowest BCUT2D eigenvalue weighted by Crippen LogP contribution is -2.05. The maximum atomic E-state index is 11.3. The summed E-state index contributed by atoms with van der Waals surface area (Å²) in [5.41, 5.74) is 1.24. The van der Waals surface area contributed by atoms with Gasteiger partial charge in [0.1, 0.15) is 5.75 Å². The summed E-state index contributed by atoms with van der Waals surface area (Å²) in [7, 11) is 1.55. The van der Waals surface area contributed by atoms with E-state index >= 15 is 0 Å². The maximum Gasteiger partial charge on any atom is 0.229 e. The van der Waals surface area contributed by atoms with Gasteiger partial charge in [0, 0.05) is 12.0 Å². The Hall–Kier alpha value is -1.16. The first kappa shape index (κ1) is 9.40. The molecule has 0 atom stereocenters. The van der Waals surface area contributed by atoms with Crippen LogP contribution >= 0.6 is 15.9 Å². The Balaban J connectivity index is 2.60. The molecule has 2 rings (SSSR count). The zero-order chi connectivity index (χ0) is 10.3. The van der Waals surface area contributed by atoms with Crippen LogP contribution < -0.4 is 4.74 Å². The summed E-state index contributed by atoms with van der Waals surface area (Å²) in [4.78, 5) is 22.5. The lowest BCUT2D eigenvalue weighted by Gasteiger charge is -2.04. The molecule has 0 heterocycles. The number of carbonyl (C=O) groups is 2. The third-order valence-corrected chi connectivity index (χ3v) is 2.85. The molecule has 0 unspecified atom stereocenters. The zero-order valence-electron chi connectivity index (χ0n) is 7.46. The Kier molecular flexibility index (Phi) is 2.15. The van der Waals surface area contributed by atoms with Gasteiger partial charge in [-0.2, -0.15) is 0 Å². The number of hydrogen-bond acceptors (Lipinski definition) is 3. The summed E-state index contributed by atoms with van der Waals surface area (Å²) in [6.45, 7) is 0. The van der Waals surface area contributed by atoms with Crippen molar-refractivity contribution in [3.63, 3.8) is 0 Å². The van der Waals surface area contributed by atoms with E-state index in [0.29, 0.717) is 15.8 Å². The second-order valence-corrected chi connectivity index (χ2v) is 3.93. The van der Waals surface area contributed by atoms with Crippen molar-refractivity contribution >= 4 is 27.5 Å². The summed E-state index contributed by atoms with van der Waals surface area (Å²) in [6, 6.07) is 3.36. The molecule has 0 N–H and O–H groups in total. The lowest BCUT2D eigenvalue weighted by molar-refractivity contribution is -0.114. The highest BCUT2D eigenvalue weighted by molar-refractivity contribution is 9.10. The van der Waals surface area contributed by atoms with Crippen LogP contribution in [0.25, 0.3) is 0 Å². The van der Waals surface area contributed by atoms with Crippen molar-refractivity contribution in [3.8, 4) is 5.75 Å². The molecule has 4 heteroatoms. The van der Waals surface area contributed by atoms with Crippen molar-refractivity contribution in [3.05, 3.63) is 27.7 Å². The van der Waals surface area contributed by atoms with Gasteiger partial charge in [0.15, 0.2) is 0 Å². The van der Waals surface area contributed by atoms with E-state index in [2.05, 4.69) is 15.9 Å². The molecule has 1 aliphatic rings. The van der Waals surface area contributed by atoms with E-state index in [-0.39, 0.29) is 12.2 Å². The fourth-order valence-corrected chi connectivity index (χ4v) is 2.02. The van der Waals surface area contributed by atoms with Gasteiger partial charge >= 0.3 is 0 Å². The van der Waals surface area contributed by atoms with Crippen LogP contribution in [-0.2, 0) is 11.2 Å². The normalized spacial score (nSPS) is 14.4. The summed E-state index contributed by atoms with van der Waals surface area (Å²) < 4.78 is 5.77. The number of fused-ring (bicyclic) bond motifs is 1. The van der Waals surface area contributed by atoms with Crippen LogP contribution in [0.4, 0.5) is 0 Å². The lowest BCUT2D eigenvalue weighted by atomic mass is 10.1. The molecule has 1 aromatic carbocycles. The third-order valence-electron chi connectivity index (χ3n) is 2.23. The van der Waals surface area contributed by atoms with Crippen LogP contribution in [0.15, 0.2) is 16.6 Å². The predicted octanol–water partition coefficient (Wildman–Crippen LogP) is 1.77. The van der Waals surface area contributed by atoms with Gasteiger partial charge in [0.05, 0.1) is 11.6 Å². The number of rotatable bonds is 1. The van der Waals surface area contributed by atoms with E-state index in [1.165, 1.54) is 0 Å². The Bertz CT molecular complexity index is 437. The highest BCUT2D eigenvalue weighted by Crippen LogP contribution is 2.31. The first-order chi connectivity index (χ1) is 6.63. The number of carbonyl (C=O) groups excluding carboxylic acids is 2. The number of hydrogen-bond donors (Lipinski definition) is 0. The molecule has 72 valence electrons. The third kappa shape index (κ3) is 1.26. The molecular formula is C10H7BrO3. The van der Waals surface area contributed by atoms with E-state index in [4.69, 9.17) is 4.74 Å². The minimum absolute atomic E-state index is 0.192. The van der Waals surface area contributed by atoms with E-state index in [0.717, 1.165) is 5.56 Å². The van der Waals surface area contributed by atoms with Crippen LogP contribution in [0, 0.1) is 0 Å². The van der Waals surface area contributed by atoms with E-state index < -0.39 is 5.78 Å². The molecule has 0 saturated carbocycles. The Morgan fingerprint density at radius 1 is 1.36 bits per heavy atom. The van der Waals surface area contributed by atoms with Crippen LogP contribution in [-0.4, -0.2) is 18.7 Å². The number of benzene rings is 1. The quantitative estimate of drug-likeness (QED) is 0.718. The number of halogens is 1. The largest absolute Gasteiger partial charge is 0.496 e. The fourth-order valence-electron chi connectivity index (χ4n) is 1.51. The molecular weight excluding hydrogens is 248 g/mol. The van der Waals surface area contributed by atoms with Crippen molar-refractivity contribution in [2.24, 2.45) is 0 Å². The molecule has 0 fully saturated rings. The number of ketones is 2.